The number of hydrogen-bond donors (Lipinski definition) is 2. The Hall–Kier alpha value is -1.60. The van der Waals surface area contributed by atoms with Crippen molar-refractivity contribution in [2.75, 3.05) is 19.7 Å². The molecule has 1 aliphatic heterocycles. The lowest BCUT2D eigenvalue weighted by molar-refractivity contribution is -0.149. The van der Waals surface area contributed by atoms with Gasteiger partial charge in [0.2, 0.25) is 0 Å². The van der Waals surface area contributed by atoms with E-state index in [1.165, 1.54) is 0 Å². The number of aromatic nitrogens is 2. The molecule has 1 aliphatic rings. The molecule has 0 aromatic carbocycles. The highest BCUT2D eigenvalue weighted by atomic mass is 35.5. The SMILES string of the molecule is CCOC(=O)C(C)(C)NC(=O)c1ccn(C2CCCNC2)n1.Cl. The average Bonchev–Trinajstić information content (AvgIpc) is 2.98. The molecule has 1 unspecified atom stereocenters. The molecule has 0 aliphatic carbocycles. The predicted molar refractivity (Wildman–Crippen MR) is 88.8 cm³/mol. The molecule has 1 amide bonds. The molecule has 0 spiro atoms. The van der Waals surface area contributed by atoms with Crippen molar-refractivity contribution in [1.82, 2.24) is 20.4 Å². The third kappa shape index (κ3) is 4.94. The van der Waals surface area contributed by atoms with Crippen LogP contribution in [0.2, 0.25) is 0 Å². The maximum absolute atomic E-state index is 12.3. The summed E-state index contributed by atoms with van der Waals surface area (Å²) in [5.74, 6) is -0.833. The zero-order chi connectivity index (χ0) is 16.2. The van der Waals surface area contributed by atoms with Gasteiger partial charge in [-0.15, -0.1) is 12.4 Å². The first-order valence-corrected chi connectivity index (χ1v) is 7.69. The third-order valence-electron chi connectivity index (χ3n) is 3.70. The highest BCUT2D eigenvalue weighted by Crippen LogP contribution is 2.16. The van der Waals surface area contributed by atoms with E-state index in [0.717, 1.165) is 25.9 Å². The van der Waals surface area contributed by atoms with Gasteiger partial charge in [-0.3, -0.25) is 9.48 Å². The third-order valence-corrected chi connectivity index (χ3v) is 3.70. The van der Waals surface area contributed by atoms with Crippen LogP contribution in [0.4, 0.5) is 0 Å². The number of hydrogen-bond acceptors (Lipinski definition) is 5. The number of nitrogens with zero attached hydrogens (tertiary/aromatic N) is 2. The molecule has 1 saturated heterocycles. The summed E-state index contributed by atoms with van der Waals surface area (Å²) in [4.78, 5) is 24.1. The second-order valence-corrected chi connectivity index (χ2v) is 5.98. The van der Waals surface area contributed by atoms with Crippen LogP contribution in [-0.2, 0) is 9.53 Å². The lowest BCUT2D eigenvalue weighted by Crippen LogP contribution is -2.50. The van der Waals surface area contributed by atoms with E-state index in [2.05, 4.69) is 15.7 Å². The van der Waals surface area contributed by atoms with Crippen LogP contribution in [0.3, 0.4) is 0 Å². The Morgan fingerprint density at radius 2 is 2.26 bits per heavy atom. The molecular formula is C15H25ClN4O3. The van der Waals surface area contributed by atoms with Crippen LogP contribution in [0.25, 0.3) is 0 Å². The lowest BCUT2D eigenvalue weighted by atomic mass is 10.1. The van der Waals surface area contributed by atoms with Gasteiger partial charge in [-0.25, -0.2) is 4.79 Å². The largest absolute Gasteiger partial charge is 0.464 e. The van der Waals surface area contributed by atoms with E-state index in [4.69, 9.17) is 4.74 Å². The molecule has 1 aromatic rings. The summed E-state index contributed by atoms with van der Waals surface area (Å²) in [5.41, 5.74) is -0.772. The Bertz CT molecular complexity index is 539. The normalized spacial score (nSPS) is 18.0. The molecule has 0 saturated carbocycles. The zero-order valence-electron chi connectivity index (χ0n) is 13.8. The maximum atomic E-state index is 12.3. The highest BCUT2D eigenvalue weighted by Gasteiger charge is 2.32. The van der Waals surface area contributed by atoms with Crippen LogP contribution < -0.4 is 10.6 Å². The molecule has 1 fully saturated rings. The van der Waals surface area contributed by atoms with E-state index < -0.39 is 11.5 Å². The molecular weight excluding hydrogens is 320 g/mol. The van der Waals surface area contributed by atoms with Crippen LogP contribution in [0, 0.1) is 0 Å². The van der Waals surface area contributed by atoms with Crippen molar-refractivity contribution in [1.29, 1.82) is 0 Å². The number of amides is 1. The summed E-state index contributed by atoms with van der Waals surface area (Å²) in [6.45, 7) is 7.13. The average molecular weight is 345 g/mol. The molecule has 2 rings (SSSR count). The fourth-order valence-electron chi connectivity index (χ4n) is 2.43. The van der Waals surface area contributed by atoms with Crippen LogP contribution in [0.5, 0.6) is 0 Å². The first-order valence-electron chi connectivity index (χ1n) is 7.69. The van der Waals surface area contributed by atoms with Crippen LogP contribution in [-0.4, -0.2) is 46.9 Å². The van der Waals surface area contributed by atoms with Crippen molar-refractivity contribution in [3.63, 3.8) is 0 Å². The van der Waals surface area contributed by atoms with E-state index in [1.54, 1.807) is 26.8 Å². The maximum Gasteiger partial charge on any atom is 0.331 e. The molecule has 1 aromatic heterocycles. The number of nitrogens with one attached hydrogen (secondary N) is 2. The topological polar surface area (TPSA) is 85.2 Å². The number of halogens is 1. The van der Waals surface area contributed by atoms with E-state index in [-0.39, 0.29) is 31.0 Å². The number of piperidine rings is 1. The summed E-state index contributed by atoms with van der Waals surface area (Å²) >= 11 is 0. The number of carbonyl (C=O) groups is 2. The van der Waals surface area contributed by atoms with Crippen LogP contribution in [0.15, 0.2) is 12.3 Å². The van der Waals surface area contributed by atoms with Crippen LogP contribution in [0.1, 0.15) is 50.1 Å². The van der Waals surface area contributed by atoms with Crippen molar-refractivity contribution in [2.45, 2.75) is 45.2 Å². The van der Waals surface area contributed by atoms with Crippen molar-refractivity contribution in [2.24, 2.45) is 0 Å². The smallest absolute Gasteiger partial charge is 0.331 e. The van der Waals surface area contributed by atoms with Crippen molar-refractivity contribution >= 4 is 24.3 Å². The van der Waals surface area contributed by atoms with Crippen molar-refractivity contribution in [3.8, 4) is 0 Å². The van der Waals surface area contributed by atoms with E-state index >= 15 is 0 Å². The summed E-state index contributed by atoms with van der Waals surface area (Å²) < 4.78 is 6.77. The summed E-state index contributed by atoms with van der Waals surface area (Å²) in [5, 5.41) is 10.3. The Balaban J connectivity index is 0.00000264. The zero-order valence-corrected chi connectivity index (χ0v) is 14.6. The summed E-state index contributed by atoms with van der Waals surface area (Å²) in [6.07, 6.45) is 3.95. The molecule has 0 radical (unpaired) electrons. The van der Waals surface area contributed by atoms with Gasteiger partial charge >= 0.3 is 5.97 Å². The second-order valence-electron chi connectivity index (χ2n) is 5.98. The van der Waals surface area contributed by atoms with Gasteiger partial charge in [-0.2, -0.15) is 5.10 Å². The number of carbonyl (C=O) groups excluding carboxylic acids is 2. The minimum atomic E-state index is -1.08. The number of rotatable bonds is 5. The van der Waals surface area contributed by atoms with Gasteiger partial charge < -0.3 is 15.4 Å². The monoisotopic (exact) mass is 344 g/mol. The molecule has 7 nitrogen and oxygen atoms in total. The summed E-state index contributed by atoms with van der Waals surface area (Å²) in [6, 6.07) is 1.94. The van der Waals surface area contributed by atoms with Gasteiger partial charge in [0, 0.05) is 12.7 Å². The Morgan fingerprint density at radius 1 is 1.52 bits per heavy atom. The fourth-order valence-corrected chi connectivity index (χ4v) is 2.43. The van der Waals surface area contributed by atoms with Gasteiger partial charge in [0.05, 0.1) is 12.6 Å². The first-order chi connectivity index (χ1) is 10.4. The molecule has 8 heteroatoms. The Kier molecular flexibility index (Phi) is 7.02. The Morgan fingerprint density at radius 3 is 2.87 bits per heavy atom. The summed E-state index contributed by atoms with van der Waals surface area (Å²) in [7, 11) is 0. The molecule has 130 valence electrons. The van der Waals surface area contributed by atoms with E-state index in [1.807, 2.05) is 10.9 Å². The minimum Gasteiger partial charge on any atom is -0.464 e. The second kappa shape index (κ2) is 8.31. The minimum absolute atomic E-state index is 0. The highest BCUT2D eigenvalue weighted by molar-refractivity contribution is 5.96. The first kappa shape index (κ1) is 19.4. The quantitative estimate of drug-likeness (QED) is 0.786. The van der Waals surface area contributed by atoms with Gasteiger partial charge in [0.25, 0.3) is 5.91 Å². The van der Waals surface area contributed by atoms with Gasteiger partial charge in [-0.1, -0.05) is 0 Å². The van der Waals surface area contributed by atoms with E-state index in [0.29, 0.717) is 5.69 Å². The van der Waals surface area contributed by atoms with Crippen molar-refractivity contribution < 1.29 is 14.3 Å². The molecule has 2 heterocycles. The van der Waals surface area contributed by atoms with Gasteiger partial charge in [0.1, 0.15) is 11.2 Å². The predicted octanol–water partition coefficient (Wildman–Crippen LogP) is 1.30. The molecule has 23 heavy (non-hydrogen) atoms. The molecule has 2 N–H and O–H groups in total. The van der Waals surface area contributed by atoms with Crippen LogP contribution >= 0.6 is 12.4 Å². The lowest BCUT2D eigenvalue weighted by Gasteiger charge is -2.24. The van der Waals surface area contributed by atoms with Gasteiger partial charge in [-0.05, 0) is 46.2 Å². The number of esters is 1. The van der Waals surface area contributed by atoms with E-state index in [9.17, 15) is 9.59 Å². The Labute approximate surface area is 142 Å². The fraction of sp³-hybridized carbons (Fsp3) is 0.667. The van der Waals surface area contributed by atoms with Gasteiger partial charge in [0.15, 0.2) is 0 Å². The number of ether oxygens (including phenoxy) is 1. The molecule has 0 bridgehead atoms. The van der Waals surface area contributed by atoms with Crippen molar-refractivity contribution in [3.05, 3.63) is 18.0 Å². The standard InChI is InChI=1S/C15H24N4O3.ClH/c1-4-22-14(21)15(2,3)17-13(20)12-7-9-19(18-12)11-6-5-8-16-10-11;/h7,9,11,16H,4-6,8,10H2,1-3H3,(H,17,20);1H. The molecule has 1 atom stereocenters.